The summed E-state index contributed by atoms with van der Waals surface area (Å²) in [4.78, 5) is 0. The predicted molar refractivity (Wildman–Crippen MR) is 90.5 cm³/mol. The van der Waals surface area contributed by atoms with Crippen LogP contribution in [-0.2, 0) is 20.8 Å². The van der Waals surface area contributed by atoms with Crippen LogP contribution in [0.3, 0.4) is 0 Å². The zero-order valence-corrected chi connectivity index (χ0v) is 17.3. The fourth-order valence-electron chi connectivity index (χ4n) is 2.83. The van der Waals surface area contributed by atoms with E-state index >= 15 is 0 Å². The van der Waals surface area contributed by atoms with E-state index in [1.807, 2.05) is 0 Å². The van der Waals surface area contributed by atoms with Crippen molar-refractivity contribution in [3.05, 3.63) is 53.0 Å². The Bertz CT molecular complexity index is 458. The van der Waals surface area contributed by atoms with Crippen molar-refractivity contribution in [3.63, 3.8) is 0 Å². The summed E-state index contributed by atoms with van der Waals surface area (Å²) in [6, 6.07) is 0. The number of rotatable bonds is 0. The Hall–Kier alpha value is 0.293. The molecule has 0 aromatic rings. The number of allylic oxidation sites excluding steroid dienone is 8. The van der Waals surface area contributed by atoms with Gasteiger partial charge in [-0.25, -0.2) is 23.6 Å². The van der Waals surface area contributed by atoms with E-state index in [1.54, 1.807) is 5.57 Å². The first-order valence-electron chi connectivity index (χ1n) is 7.45. The van der Waals surface area contributed by atoms with Crippen molar-refractivity contribution in [1.29, 1.82) is 0 Å². The minimum atomic E-state index is -0.826. The molecule has 2 unspecified atom stereocenters. The third-order valence-corrected chi connectivity index (χ3v) is 4.45. The zero-order valence-electron chi connectivity index (χ0n) is 13.3. The van der Waals surface area contributed by atoms with Gasteiger partial charge in [-0.2, -0.15) is 11.1 Å². The van der Waals surface area contributed by atoms with E-state index in [4.69, 9.17) is 17.0 Å². The standard InChI is InChI=1S/C9H11.C9H13.2ClH.Zr/c1-2-5-9-7-3-6-8(9)4-1;1-6-5-7(2)9(4)8(6)3;;;/h1-2,4,6,9H,3,5,7H2;6H,1-4H3;2*1H;/q2*-1;;;+4/p-2. The van der Waals surface area contributed by atoms with E-state index in [0.29, 0.717) is 5.92 Å². The molecule has 0 N–H and O–H groups in total. The average molecular weight is 403 g/mol. The molecule has 3 aliphatic carbocycles. The van der Waals surface area contributed by atoms with Gasteiger partial charge in [0.25, 0.3) is 0 Å². The number of hydrogen-bond acceptors (Lipinski definition) is 0. The molecule has 0 amide bonds. The molecular weight excluding hydrogens is 378 g/mol. The summed E-state index contributed by atoms with van der Waals surface area (Å²) in [6.07, 6.45) is 16.4. The van der Waals surface area contributed by atoms with Gasteiger partial charge in [-0.1, -0.05) is 33.1 Å². The fourth-order valence-corrected chi connectivity index (χ4v) is 2.83. The quantitative estimate of drug-likeness (QED) is 0.401. The van der Waals surface area contributed by atoms with Crippen molar-refractivity contribution in [2.75, 3.05) is 0 Å². The summed E-state index contributed by atoms with van der Waals surface area (Å²) < 4.78 is 0. The van der Waals surface area contributed by atoms with E-state index in [1.165, 1.54) is 36.0 Å². The molecule has 3 heteroatoms. The first-order valence-corrected chi connectivity index (χ1v) is 13.8. The first-order chi connectivity index (χ1) is 10.0. The Balaban J connectivity index is 0.000000178. The molecule has 1 fully saturated rings. The Morgan fingerprint density at radius 2 is 1.95 bits per heavy atom. The number of fused-ring (bicyclic) bond motifs is 1. The molecule has 3 aliphatic rings. The van der Waals surface area contributed by atoms with Crippen LogP contribution in [-0.4, -0.2) is 0 Å². The number of halogens is 2. The topological polar surface area (TPSA) is 0 Å². The van der Waals surface area contributed by atoms with Crippen LogP contribution in [0.5, 0.6) is 0 Å². The Labute approximate surface area is 149 Å². The van der Waals surface area contributed by atoms with Gasteiger partial charge in [-0.15, -0.1) is 25.5 Å². The van der Waals surface area contributed by atoms with Crippen molar-refractivity contribution >= 4 is 17.0 Å². The predicted octanol–water partition coefficient (Wildman–Crippen LogP) is 6.59. The maximum absolute atomic E-state index is 4.93. The van der Waals surface area contributed by atoms with E-state index < -0.39 is 20.8 Å². The minimum absolute atomic E-state index is 0.560. The van der Waals surface area contributed by atoms with Gasteiger partial charge in [0.05, 0.1) is 0 Å². The van der Waals surface area contributed by atoms with Crippen LogP contribution in [0, 0.1) is 24.3 Å². The third kappa shape index (κ3) is 6.13. The second-order valence-corrected chi connectivity index (χ2v) is 9.41. The maximum atomic E-state index is 4.93. The van der Waals surface area contributed by atoms with Crippen LogP contribution in [0.4, 0.5) is 0 Å². The van der Waals surface area contributed by atoms with Crippen LogP contribution in [0.15, 0.2) is 40.5 Å². The van der Waals surface area contributed by atoms with E-state index in [0.717, 1.165) is 5.92 Å². The molecule has 21 heavy (non-hydrogen) atoms. The van der Waals surface area contributed by atoms with Gasteiger partial charge in [0.2, 0.25) is 0 Å². The fraction of sp³-hybridized carbons (Fsp3) is 0.500. The van der Waals surface area contributed by atoms with Crippen molar-refractivity contribution in [2.24, 2.45) is 11.8 Å². The summed E-state index contributed by atoms with van der Waals surface area (Å²) in [6.45, 7) is 8.67. The summed E-state index contributed by atoms with van der Waals surface area (Å²) in [5.41, 5.74) is 5.83. The van der Waals surface area contributed by atoms with Gasteiger partial charge in [0.1, 0.15) is 0 Å². The number of hydrogen-bond donors (Lipinski definition) is 0. The molecule has 0 aromatic heterocycles. The Morgan fingerprint density at radius 3 is 2.38 bits per heavy atom. The summed E-state index contributed by atoms with van der Waals surface area (Å²) >= 11 is -0.826. The summed E-state index contributed by atoms with van der Waals surface area (Å²) in [5, 5.41) is 0. The third-order valence-electron chi connectivity index (χ3n) is 4.45. The molecule has 2 atom stereocenters. The van der Waals surface area contributed by atoms with Gasteiger partial charge >= 0.3 is 37.9 Å². The van der Waals surface area contributed by atoms with Crippen LogP contribution in [0.1, 0.15) is 47.0 Å². The molecule has 0 spiro atoms. The zero-order chi connectivity index (χ0) is 15.8. The molecular formula is C18H24Cl2Zr. The molecule has 0 aliphatic heterocycles. The second kappa shape index (κ2) is 10.1. The first kappa shape index (κ1) is 19.3. The molecule has 0 bridgehead atoms. The van der Waals surface area contributed by atoms with Crippen molar-refractivity contribution in [3.8, 4) is 0 Å². The summed E-state index contributed by atoms with van der Waals surface area (Å²) in [7, 11) is 9.87. The van der Waals surface area contributed by atoms with E-state index in [2.05, 4.69) is 58.4 Å². The SMILES string of the molecule is C1=CCC2CC[CH-]C2=C1.CC1=[C-]C(C)C(C)=C1C.[Cl][Zr+2][Cl]. The molecule has 3 rings (SSSR count). The molecule has 1 saturated carbocycles. The van der Waals surface area contributed by atoms with Gasteiger partial charge in [-0.3, -0.25) is 6.08 Å². The van der Waals surface area contributed by atoms with Gasteiger partial charge in [0, 0.05) is 0 Å². The van der Waals surface area contributed by atoms with Crippen LogP contribution in [0.2, 0.25) is 0 Å². The van der Waals surface area contributed by atoms with Crippen molar-refractivity contribution < 1.29 is 20.8 Å². The molecule has 0 heterocycles. The Kier molecular flexibility index (Phi) is 9.34. The van der Waals surface area contributed by atoms with Crippen molar-refractivity contribution in [2.45, 2.75) is 47.0 Å². The van der Waals surface area contributed by atoms with Crippen molar-refractivity contribution in [1.82, 2.24) is 0 Å². The average Bonchev–Trinajstić information content (AvgIpc) is 3.02. The molecule has 0 saturated heterocycles. The van der Waals surface area contributed by atoms with Gasteiger partial charge < -0.3 is 0 Å². The monoisotopic (exact) mass is 400 g/mol. The van der Waals surface area contributed by atoms with Gasteiger partial charge in [-0.05, 0) is 12.3 Å². The molecule has 0 aromatic carbocycles. The molecule has 0 radical (unpaired) electrons. The second-order valence-electron chi connectivity index (χ2n) is 5.68. The van der Waals surface area contributed by atoms with Gasteiger partial charge in [0.15, 0.2) is 0 Å². The van der Waals surface area contributed by atoms with E-state index in [9.17, 15) is 0 Å². The van der Waals surface area contributed by atoms with Crippen LogP contribution in [0.25, 0.3) is 0 Å². The molecule has 0 nitrogen and oxygen atoms in total. The summed E-state index contributed by atoms with van der Waals surface area (Å²) in [5.74, 6) is 1.44. The van der Waals surface area contributed by atoms with E-state index in [-0.39, 0.29) is 0 Å². The normalized spacial score (nSPS) is 25.4. The van der Waals surface area contributed by atoms with Crippen LogP contribution < -0.4 is 0 Å². The molecule has 114 valence electrons. The Morgan fingerprint density at radius 1 is 1.29 bits per heavy atom. The van der Waals surface area contributed by atoms with Crippen LogP contribution >= 0.6 is 17.0 Å².